The minimum atomic E-state index is 0.501. The van der Waals surface area contributed by atoms with Crippen LogP contribution in [0.15, 0.2) is 23.2 Å². The maximum atomic E-state index is 6.13. The Morgan fingerprint density at radius 1 is 1.26 bits per heavy atom. The van der Waals surface area contributed by atoms with Crippen LogP contribution in [0.5, 0.6) is 0 Å². The van der Waals surface area contributed by atoms with Crippen molar-refractivity contribution in [2.45, 2.75) is 20.3 Å². The van der Waals surface area contributed by atoms with Gasteiger partial charge in [-0.15, -0.1) is 11.6 Å². The van der Waals surface area contributed by atoms with E-state index in [1.54, 1.807) is 0 Å². The van der Waals surface area contributed by atoms with E-state index < -0.39 is 0 Å². The minimum Gasteiger partial charge on any atom is -0.357 e. The largest absolute Gasteiger partial charge is 0.357 e. The van der Waals surface area contributed by atoms with Crippen molar-refractivity contribution in [3.8, 4) is 0 Å². The maximum absolute atomic E-state index is 6.13. The number of amidine groups is 1. The van der Waals surface area contributed by atoms with E-state index in [1.165, 1.54) is 11.1 Å². The van der Waals surface area contributed by atoms with Crippen molar-refractivity contribution in [3.63, 3.8) is 0 Å². The Labute approximate surface area is 150 Å². The van der Waals surface area contributed by atoms with Crippen molar-refractivity contribution < 1.29 is 0 Å². The summed E-state index contributed by atoms with van der Waals surface area (Å²) in [7, 11) is 1.82. The fraction of sp³-hybridized carbons (Fsp3) is 0.611. The number of rotatable bonds is 5. The first-order chi connectivity index (χ1) is 11.0. The van der Waals surface area contributed by atoms with Gasteiger partial charge in [0.1, 0.15) is 5.84 Å². The molecule has 1 heterocycles. The minimum absolute atomic E-state index is 0.501. The van der Waals surface area contributed by atoms with E-state index in [9.17, 15) is 0 Å². The lowest BCUT2D eigenvalue weighted by Crippen LogP contribution is -2.50. The summed E-state index contributed by atoms with van der Waals surface area (Å²) in [6.45, 7) is 9.80. The molecule has 23 heavy (non-hydrogen) atoms. The average molecular weight is 356 g/mol. The molecule has 0 spiro atoms. The molecule has 3 nitrogen and oxygen atoms in total. The second kappa shape index (κ2) is 8.91. The van der Waals surface area contributed by atoms with Gasteiger partial charge in [0.2, 0.25) is 0 Å². The summed E-state index contributed by atoms with van der Waals surface area (Å²) in [6.07, 6.45) is 1.08. The standard InChI is InChI=1S/C18H27Cl2N3/c1-14(10-16-11-17(20)5-4-15(16)2)13-22-6-8-23(9-7-22)18(12-19)21-3/h4-5,11,14H,6-10,12-13H2,1-3H3. The molecule has 0 saturated carbocycles. The smallest absolute Gasteiger partial charge is 0.114 e. The van der Waals surface area contributed by atoms with Gasteiger partial charge in [-0.3, -0.25) is 9.89 Å². The van der Waals surface area contributed by atoms with E-state index >= 15 is 0 Å². The highest BCUT2D eigenvalue weighted by atomic mass is 35.5. The van der Waals surface area contributed by atoms with Crippen molar-refractivity contribution in [2.75, 3.05) is 45.7 Å². The fourth-order valence-corrected chi connectivity index (χ4v) is 3.70. The van der Waals surface area contributed by atoms with Gasteiger partial charge in [-0.2, -0.15) is 0 Å². The number of alkyl halides is 1. The quantitative estimate of drug-likeness (QED) is 0.455. The predicted molar refractivity (Wildman–Crippen MR) is 101 cm³/mol. The second-order valence-electron chi connectivity index (χ2n) is 6.44. The molecule has 128 valence electrons. The third-order valence-electron chi connectivity index (χ3n) is 4.56. The van der Waals surface area contributed by atoms with E-state index in [-0.39, 0.29) is 0 Å². The van der Waals surface area contributed by atoms with Crippen molar-refractivity contribution in [1.82, 2.24) is 9.80 Å². The summed E-state index contributed by atoms with van der Waals surface area (Å²) < 4.78 is 0. The highest BCUT2D eigenvalue weighted by Crippen LogP contribution is 2.19. The second-order valence-corrected chi connectivity index (χ2v) is 7.14. The van der Waals surface area contributed by atoms with Crippen LogP contribution in [-0.4, -0.2) is 61.3 Å². The molecule has 1 aliphatic rings. The molecule has 0 radical (unpaired) electrons. The summed E-state index contributed by atoms with van der Waals surface area (Å²) in [5.41, 5.74) is 2.70. The van der Waals surface area contributed by atoms with Gasteiger partial charge in [0.15, 0.2) is 0 Å². The zero-order valence-corrected chi connectivity index (χ0v) is 15.9. The fourth-order valence-electron chi connectivity index (χ4n) is 3.21. The first kappa shape index (κ1) is 18.6. The molecule has 1 aliphatic heterocycles. The number of nitrogens with zero attached hydrogens (tertiary/aromatic N) is 3. The molecule has 2 rings (SSSR count). The molecule has 1 saturated heterocycles. The van der Waals surface area contributed by atoms with Gasteiger partial charge in [-0.25, -0.2) is 0 Å². The Hall–Kier alpha value is -0.770. The number of benzene rings is 1. The number of aryl methyl sites for hydroxylation is 1. The maximum Gasteiger partial charge on any atom is 0.114 e. The summed E-state index contributed by atoms with van der Waals surface area (Å²) in [6, 6.07) is 6.19. The first-order valence-corrected chi connectivity index (χ1v) is 9.18. The molecule has 0 aromatic heterocycles. The molecular formula is C18H27Cl2N3. The van der Waals surface area contributed by atoms with Gasteiger partial charge in [-0.05, 0) is 42.5 Å². The number of aliphatic imine (C=N–C) groups is 1. The Morgan fingerprint density at radius 2 is 1.96 bits per heavy atom. The van der Waals surface area contributed by atoms with Gasteiger partial charge in [0, 0.05) is 44.8 Å². The summed E-state index contributed by atoms with van der Waals surface area (Å²) in [5.74, 6) is 2.13. The van der Waals surface area contributed by atoms with E-state index in [2.05, 4.69) is 40.8 Å². The van der Waals surface area contributed by atoms with Crippen LogP contribution in [0.25, 0.3) is 0 Å². The lowest BCUT2D eigenvalue weighted by molar-refractivity contribution is 0.162. The Morgan fingerprint density at radius 3 is 2.57 bits per heavy atom. The van der Waals surface area contributed by atoms with Crippen molar-refractivity contribution in [3.05, 3.63) is 34.3 Å². The highest BCUT2D eigenvalue weighted by molar-refractivity contribution is 6.30. The molecule has 0 amide bonds. The molecule has 0 bridgehead atoms. The van der Waals surface area contributed by atoms with Crippen molar-refractivity contribution in [1.29, 1.82) is 0 Å². The molecule has 1 aromatic rings. The number of piperazine rings is 1. The summed E-state index contributed by atoms with van der Waals surface area (Å²) >= 11 is 12.1. The summed E-state index contributed by atoms with van der Waals surface area (Å²) in [4.78, 5) is 9.11. The average Bonchev–Trinajstić information content (AvgIpc) is 2.53. The van der Waals surface area contributed by atoms with Crippen LogP contribution in [-0.2, 0) is 6.42 Å². The van der Waals surface area contributed by atoms with Crippen LogP contribution in [0.4, 0.5) is 0 Å². The van der Waals surface area contributed by atoms with Crippen molar-refractivity contribution in [2.24, 2.45) is 10.9 Å². The number of hydrogen-bond acceptors (Lipinski definition) is 2. The highest BCUT2D eigenvalue weighted by Gasteiger charge is 2.20. The number of hydrogen-bond donors (Lipinski definition) is 0. The third kappa shape index (κ3) is 5.37. The molecule has 5 heteroatoms. The van der Waals surface area contributed by atoms with Gasteiger partial charge in [0.25, 0.3) is 0 Å². The summed E-state index contributed by atoms with van der Waals surface area (Å²) in [5, 5.41) is 0.832. The lowest BCUT2D eigenvalue weighted by atomic mass is 9.97. The zero-order valence-electron chi connectivity index (χ0n) is 14.4. The zero-order chi connectivity index (χ0) is 16.8. The molecule has 1 atom stereocenters. The molecule has 1 aromatic carbocycles. The van der Waals surface area contributed by atoms with Crippen LogP contribution in [0, 0.1) is 12.8 Å². The van der Waals surface area contributed by atoms with Gasteiger partial charge >= 0.3 is 0 Å². The predicted octanol–water partition coefficient (Wildman–Crippen LogP) is 3.71. The molecule has 1 unspecified atom stereocenters. The molecular weight excluding hydrogens is 329 g/mol. The van der Waals surface area contributed by atoms with E-state index in [4.69, 9.17) is 23.2 Å². The van der Waals surface area contributed by atoms with E-state index in [0.29, 0.717) is 11.8 Å². The molecule has 0 aliphatic carbocycles. The normalized spacial score (nSPS) is 18.3. The number of halogens is 2. The topological polar surface area (TPSA) is 18.8 Å². The van der Waals surface area contributed by atoms with Crippen LogP contribution in [0.1, 0.15) is 18.1 Å². The van der Waals surface area contributed by atoms with Crippen LogP contribution in [0.3, 0.4) is 0 Å². The van der Waals surface area contributed by atoms with Crippen molar-refractivity contribution >= 4 is 29.0 Å². The Bertz CT molecular complexity index is 537. The lowest BCUT2D eigenvalue weighted by Gasteiger charge is -2.37. The van der Waals surface area contributed by atoms with Crippen LogP contribution < -0.4 is 0 Å². The van der Waals surface area contributed by atoms with Gasteiger partial charge < -0.3 is 4.90 Å². The third-order valence-corrected chi connectivity index (χ3v) is 5.04. The van der Waals surface area contributed by atoms with Crippen LogP contribution >= 0.6 is 23.2 Å². The van der Waals surface area contributed by atoms with E-state index in [1.807, 2.05) is 13.1 Å². The monoisotopic (exact) mass is 355 g/mol. The Balaban J connectivity index is 1.83. The van der Waals surface area contributed by atoms with Gasteiger partial charge in [0.05, 0.1) is 5.88 Å². The first-order valence-electron chi connectivity index (χ1n) is 8.27. The molecule has 0 N–H and O–H groups in total. The SMILES string of the molecule is CN=C(CCl)N1CCN(CC(C)Cc2cc(Cl)ccc2C)CC1. The molecule has 1 fully saturated rings. The van der Waals surface area contributed by atoms with Gasteiger partial charge in [-0.1, -0.05) is 24.6 Å². The van der Waals surface area contributed by atoms with Crippen LogP contribution in [0.2, 0.25) is 5.02 Å². The Kier molecular flexibility index (Phi) is 7.19. The van der Waals surface area contributed by atoms with E-state index in [0.717, 1.165) is 50.0 Å².